The van der Waals surface area contributed by atoms with Crippen molar-refractivity contribution in [1.29, 1.82) is 4.35 Å². The molecule has 0 aliphatic rings. The van der Waals surface area contributed by atoms with Crippen molar-refractivity contribution < 1.29 is 57.3 Å². The topological polar surface area (TPSA) is 245 Å². The Morgan fingerprint density at radius 3 is 1.27 bits per heavy atom. The fourth-order valence-corrected chi connectivity index (χ4v) is 9.10. The van der Waals surface area contributed by atoms with Gasteiger partial charge in [0.15, 0.2) is 0 Å². The van der Waals surface area contributed by atoms with E-state index in [1.54, 1.807) is 84.9 Å². The molecular formula is C58H75AlBN5O12S4. The van der Waals surface area contributed by atoms with Gasteiger partial charge in [0.2, 0.25) is 0 Å². The van der Waals surface area contributed by atoms with Gasteiger partial charge in [0.25, 0.3) is 21.0 Å². The van der Waals surface area contributed by atoms with Gasteiger partial charge >= 0.3 is 44.3 Å². The summed E-state index contributed by atoms with van der Waals surface area (Å²) in [5.41, 5.74) is 5.31. The van der Waals surface area contributed by atoms with Gasteiger partial charge in [-0.2, -0.15) is 0 Å². The van der Waals surface area contributed by atoms with Crippen LogP contribution in [0, 0.1) is 4.35 Å². The van der Waals surface area contributed by atoms with Crippen LogP contribution in [0.5, 0.6) is 0 Å². The molecule has 6 atom stereocenters. The maximum atomic E-state index is 12.8. The van der Waals surface area contributed by atoms with Crippen LogP contribution in [0.1, 0.15) is 108 Å². The van der Waals surface area contributed by atoms with E-state index < -0.39 is 58.5 Å². The molecule has 81 heavy (non-hydrogen) atoms. The molecule has 0 saturated heterocycles. The van der Waals surface area contributed by atoms with E-state index in [1.165, 1.54) is 30.9 Å². The van der Waals surface area contributed by atoms with Crippen LogP contribution in [0.3, 0.4) is 0 Å². The number of amides is 4. The second-order valence-electron chi connectivity index (χ2n) is 17.0. The minimum atomic E-state index is -0.751. The number of carbonyl (C=O) groups is 8. The molecule has 4 aromatic carbocycles. The predicted molar refractivity (Wildman–Crippen MR) is 333 cm³/mol. The number of thioether (sulfide) groups is 4. The standard InChI is InChI=1S/C30H40N2O6S2.C20H26N2O6S2.C8H8.Al.B.HN/c1-6-21(17-20(3)22-11-9-8-10-12-22)23-13-15-24(16-14-23)27(33)38-18-25(31-29(35)39-5)19-40-30(36)32-26(7-2)28(34)37-4;1-5-13-7-9-14(10-8-13)17(23)28-11-15(21-19(25)29-4)12-30-20(26)22-16(6-2)18(24)27-3;1-2-8-6-4-3-5-7-8;;;/h8-16,20-21,25-26H,6-7,17-19H2,1-5H3,(H,31,35)(H,32,36);5,7-10,15-16H,1,6,11-12H2,2-4H3,(H,21,25)(H,22,26);2-7H,1H2;;;1H/t20?,21?,25?,26-;15?,16-;;;;/m00..../s1. The van der Waals surface area contributed by atoms with Crippen molar-refractivity contribution in [3.05, 3.63) is 156 Å². The van der Waals surface area contributed by atoms with Crippen molar-refractivity contribution in [1.82, 2.24) is 21.3 Å². The van der Waals surface area contributed by atoms with Gasteiger partial charge in [-0.3, -0.25) is 19.2 Å². The molecule has 0 bridgehead atoms. The Morgan fingerprint density at radius 2 is 0.926 bits per heavy atom. The maximum absolute atomic E-state index is 12.8. The summed E-state index contributed by atoms with van der Waals surface area (Å²) in [6.45, 7) is 15.0. The van der Waals surface area contributed by atoms with Crippen molar-refractivity contribution in [3.63, 3.8) is 0 Å². The molecule has 4 aromatic rings. The number of esters is 4. The molecule has 23 heteroatoms. The first kappa shape index (κ1) is 74.9. The average molecular weight is 1200 g/mol. The Bertz CT molecular complexity index is 2540. The van der Waals surface area contributed by atoms with E-state index in [2.05, 4.69) is 82.0 Å². The zero-order valence-corrected chi connectivity index (χ0v) is 51.7. The van der Waals surface area contributed by atoms with Crippen molar-refractivity contribution in [2.45, 2.75) is 89.4 Å². The number of methoxy groups -OCH3 is 2. The second kappa shape index (κ2) is 44.6. The summed E-state index contributed by atoms with van der Waals surface area (Å²) in [6.07, 6.45) is 9.50. The van der Waals surface area contributed by atoms with Crippen LogP contribution >= 0.6 is 47.0 Å². The van der Waals surface area contributed by atoms with E-state index >= 15 is 0 Å². The molecule has 0 heterocycles. The van der Waals surface area contributed by atoms with E-state index in [0.717, 1.165) is 65.5 Å². The number of hydrogen-bond donors (Lipinski definition) is 5. The molecule has 4 amide bonds. The van der Waals surface area contributed by atoms with Crippen LogP contribution in [-0.2, 0) is 28.5 Å². The van der Waals surface area contributed by atoms with Crippen LogP contribution in [-0.4, -0.2) is 145 Å². The van der Waals surface area contributed by atoms with Gasteiger partial charge < -0.3 is 40.2 Å². The van der Waals surface area contributed by atoms with Crippen molar-refractivity contribution in [2.75, 3.05) is 51.5 Å². The van der Waals surface area contributed by atoms with Crippen LogP contribution < -0.4 is 21.3 Å². The molecule has 4 radical (unpaired) electrons. The minimum absolute atomic E-state index is 0. The van der Waals surface area contributed by atoms with Gasteiger partial charge in [0.1, 0.15) is 25.3 Å². The third kappa shape index (κ3) is 30.5. The first-order chi connectivity index (χ1) is 38.5. The fraction of sp³-hybridized carbons (Fsp3) is 0.379. The molecule has 17 nitrogen and oxygen atoms in total. The Labute approximate surface area is 504 Å². The summed E-state index contributed by atoms with van der Waals surface area (Å²) in [6, 6.07) is 32.0. The van der Waals surface area contributed by atoms with E-state index in [1.807, 2.05) is 54.6 Å². The molecule has 0 aromatic heterocycles. The van der Waals surface area contributed by atoms with Gasteiger partial charge in [0.05, 0.1) is 37.4 Å². The molecule has 4 rings (SSSR count). The summed E-state index contributed by atoms with van der Waals surface area (Å²) in [4.78, 5) is 96.5. The monoisotopic (exact) mass is 1200 g/mol. The van der Waals surface area contributed by atoms with E-state index in [9.17, 15) is 38.4 Å². The Balaban J connectivity index is 0.00000137. The molecule has 0 fully saturated rings. The summed E-state index contributed by atoms with van der Waals surface area (Å²) < 4.78 is 25.8. The third-order valence-electron chi connectivity index (χ3n) is 11.6. The fourth-order valence-electron chi connectivity index (χ4n) is 7.01. The van der Waals surface area contributed by atoms with Crippen molar-refractivity contribution in [2.24, 2.45) is 0 Å². The third-order valence-corrected chi connectivity index (χ3v) is 14.5. The van der Waals surface area contributed by atoms with Gasteiger partial charge in [-0.15, -0.1) is 0 Å². The summed E-state index contributed by atoms with van der Waals surface area (Å²) in [5, 5.41) is 9.10. The van der Waals surface area contributed by atoms with Crippen LogP contribution in [0.4, 0.5) is 19.2 Å². The van der Waals surface area contributed by atoms with Gasteiger partial charge in [-0.25, -0.2) is 19.2 Å². The number of nitrogens with one attached hydrogen (secondary N) is 5. The predicted octanol–water partition coefficient (Wildman–Crippen LogP) is 11.6. The Hall–Kier alpha value is -6.08. The molecule has 0 saturated carbocycles. The van der Waals surface area contributed by atoms with Gasteiger partial charge in [-0.05, 0) is 96.5 Å². The Kier molecular flexibility index (Phi) is 41.2. The normalized spacial score (nSPS) is 12.2. The van der Waals surface area contributed by atoms with Crippen LogP contribution in [0.25, 0.3) is 12.2 Å². The first-order valence-electron chi connectivity index (χ1n) is 25.4. The number of hydrogen-bond acceptors (Lipinski definition) is 17. The first-order valence-corrected chi connectivity index (χ1v) is 30.4. The molecule has 0 aliphatic heterocycles. The van der Waals surface area contributed by atoms with E-state index in [4.69, 9.17) is 13.8 Å². The van der Waals surface area contributed by atoms with Crippen LogP contribution in [0.2, 0.25) is 0 Å². The van der Waals surface area contributed by atoms with Gasteiger partial charge in [0, 0.05) is 19.9 Å². The summed E-state index contributed by atoms with van der Waals surface area (Å²) in [7, 11) is 2.51. The molecule has 0 spiro atoms. The molecule has 0 aliphatic carbocycles. The molecule has 5 N–H and O–H groups in total. The molecule has 434 valence electrons. The number of benzene rings is 4. The van der Waals surface area contributed by atoms with Crippen molar-refractivity contribution in [3.8, 4) is 0 Å². The Morgan fingerprint density at radius 1 is 0.543 bits per heavy atom. The molecule has 4 unspecified atom stereocenters. The van der Waals surface area contributed by atoms with E-state index in [0.29, 0.717) is 35.8 Å². The molecular weight excluding hydrogens is 1120 g/mol. The SMILES string of the molecule is C=Cc1ccc(C(=O)OCC(CSC(=O)N[C@@H](CC)C(=O)OC)NC(=O)SC)cc1.C=Cc1ccccc1.CCC(CC(C)c1ccccc1)c1ccc(C(=O)OCC(CSC(=O)N[C@@H](CC)C(=O)OC)NC(=O)SC)cc1.[B].[NH]=[Al]. The number of rotatable bonds is 25. The van der Waals surface area contributed by atoms with E-state index in [-0.39, 0.29) is 43.6 Å². The van der Waals surface area contributed by atoms with Crippen molar-refractivity contribution >= 4 is 129 Å². The average Bonchev–Trinajstić information content (AvgIpc) is 3.50. The second-order valence-corrected chi connectivity index (χ2v) is 20.6. The zero-order valence-electron chi connectivity index (χ0n) is 47.3. The summed E-state index contributed by atoms with van der Waals surface area (Å²) in [5.74, 6) is -1.03. The zero-order chi connectivity index (χ0) is 59.8. The van der Waals surface area contributed by atoms with Gasteiger partial charge in [-0.1, -0.05) is 185 Å². The van der Waals surface area contributed by atoms with Crippen LogP contribution in [0.15, 0.2) is 122 Å². The number of ether oxygens (including phenoxy) is 4. The number of carbonyl (C=O) groups excluding carboxylic acids is 8. The summed E-state index contributed by atoms with van der Waals surface area (Å²) >= 11 is 5.40. The quantitative estimate of drug-likeness (QED) is 0.0235.